The molecule has 0 spiro atoms. The van der Waals surface area contributed by atoms with Crippen LogP contribution in [0.3, 0.4) is 0 Å². The highest BCUT2D eigenvalue weighted by atomic mass is 79.9. The van der Waals surface area contributed by atoms with Gasteiger partial charge >= 0.3 is 0 Å². The van der Waals surface area contributed by atoms with E-state index in [1.165, 1.54) is 31.0 Å². The number of halogens is 1. The molecule has 0 aromatic carbocycles. The van der Waals surface area contributed by atoms with E-state index in [9.17, 15) is 0 Å². The van der Waals surface area contributed by atoms with Gasteiger partial charge in [0.15, 0.2) is 0 Å². The van der Waals surface area contributed by atoms with Gasteiger partial charge in [-0.2, -0.15) is 0 Å². The van der Waals surface area contributed by atoms with Gasteiger partial charge in [0.2, 0.25) is 0 Å². The van der Waals surface area contributed by atoms with E-state index in [1.54, 1.807) is 0 Å². The highest BCUT2D eigenvalue weighted by Crippen LogP contribution is 2.25. The van der Waals surface area contributed by atoms with Crippen molar-refractivity contribution in [3.05, 3.63) is 0 Å². The van der Waals surface area contributed by atoms with Gasteiger partial charge in [0, 0.05) is 11.4 Å². The molecular formula is C8H16BrN. The molecule has 0 heterocycles. The van der Waals surface area contributed by atoms with Crippen LogP contribution >= 0.6 is 15.9 Å². The molecule has 0 bridgehead atoms. The van der Waals surface area contributed by atoms with Crippen LogP contribution in [0.5, 0.6) is 0 Å². The van der Waals surface area contributed by atoms with Crippen molar-refractivity contribution in [3.63, 3.8) is 0 Å². The molecule has 0 aliphatic heterocycles. The lowest BCUT2D eigenvalue weighted by Crippen LogP contribution is -2.30. The molecule has 0 saturated heterocycles. The molecule has 1 aliphatic rings. The van der Waals surface area contributed by atoms with Crippen molar-refractivity contribution in [1.82, 2.24) is 5.32 Å². The average molecular weight is 206 g/mol. The fourth-order valence-electron chi connectivity index (χ4n) is 1.61. The summed E-state index contributed by atoms with van der Waals surface area (Å²) in [5.74, 6) is 0.949. The highest BCUT2D eigenvalue weighted by Gasteiger charge is 2.18. The van der Waals surface area contributed by atoms with Crippen molar-refractivity contribution in [1.29, 1.82) is 0 Å². The van der Waals surface area contributed by atoms with E-state index in [-0.39, 0.29) is 0 Å². The molecule has 0 atom stereocenters. The summed E-state index contributed by atoms with van der Waals surface area (Å²) in [6.45, 7) is 0. The van der Waals surface area contributed by atoms with Crippen molar-refractivity contribution >= 4 is 15.9 Å². The van der Waals surface area contributed by atoms with E-state index < -0.39 is 0 Å². The van der Waals surface area contributed by atoms with Crippen LogP contribution in [0.1, 0.15) is 25.7 Å². The second kappa shape index (κ2) is 4.35. The molecule has 0 aromatic rings. The Morgan fingerprint density at radius 3 is 2.30 bits per heavy atom. The number of hydrogen-bond donors (Lipinski definition) is 1. The summed E-state index contributed by atoms with van der Waals surface area (Å²) in [7, 11) is 2.07. The summed E-state index contributed by atoms with van der Waals surface area (Å²) in [6.07, 6.45) is 5.53. The predicted molar refractivity (Wildman–Crippen MR) is 48.6 cm³/mol. The first-order valence-corrected chi connectivity index (χ1v) is 5.22. The molecule has 10 heavy (non-hydrogen) atoms. The lowest BCUT2D eigenvalue weighted by molar-refractivity contribution is 0.324. The van der Waals surface area contributed by atoms with Crippen LogP contribution < -0.4 is 5.32 Å². The molecule has 1 aliphatic carbocycles. The molecule has 0 unspecified atom stereocenters. The van der Waals surface area contributed by atoms with Crippen LogP contribution in [-0.2, 0) is 0 Å². The Bertz CT molecular complexity index is 75.3. The molecule has 1 saturated carbocycles. The van der Waals surface area contributed by atoms with Crippen LogP contribution in [-0.4, -0.2) is 18.4 Å². The van der Waals surface area contributed by atoms with Crippen LogP contribution in [0.15, 0.2) is 0 Å². The minimum atomic E-state index is 0.801. The predicted octanol–water partition coefficient (Wildman–Crippen LogP) is 2.16. The van der Waals surface area contributed by atoms with Gasteiger partial charge in [0.05, 0.1) is 0 Å². The third-order valence-corrected chi connectivity index (χ3v) is 3.39. The molecule has 1 rings (SSSR count). The Balaban J connectivity index is 2.17. The molecule has 0 aromatic heterocycles. The van der Waals surface area contributed by atoms with Crippen LogP contribution in [0.2, 0.25) is 0 Å². The highest BCUT2D eigenvalue weighted by molar-refractivity contribution is 9.09. The summed E-state index contributed by atoms with van der Waals surface area (Å²) < 4.78 is 0. The zero-order valence-corrected chi connectivity index (χ0v) is 8.15. The Morgan fingerprint density at radius 2 is 1.90 bits per heavy atom. The van der Waals surface area contributed by atoms with Crippen LogP contribution in [0.4, 0.5) is 0 Å². The van der Waals surface area contributed by atoms with Gasteiger partial charge in [-0.25, -0.2) is 0 Å². The molecule has 1 nitrogen and oxygen atoms in total. The van der Waals surface area contributed by atoms with E-state index in [2.05, 4.69) is 28.3 Å². The van der Waals surface area contributed by atoms with E-state index in [4.69, 9.17) is 0 Å². The Morgan fingerprint density at radius 1 is 1.30 bits per heavy atom. The van der Waals surface area contributed by atoms with Crippen molar-refractivity contribution < 1.29 is 0 Å². The standard InChI is InChI=1S/C8H16BrN/c1-10-8-4-2-7(6-9)3-5-8/h7-8,10H,2-6H2,1H3. The smallest absolute Gasteiger partial charge is 0.00642 e. The maximum absolute atomic E-state index is 3.53. The molecular weight excluding hydrogens is 190 g/mol. The minimum absolute atomic E-state index is 0.801. The molecule has 0 radical (unpaired) electrons. The number of rotatable bonds is 2. The molecule has 1 N–H and O–H groups in total. The third-order valence-electron chi connectivity index (χ3n) is 2.47. The van der Waals surface area contributed by atoms with Gasteiger partial charge in [-0.3, -0.25) is 0 Å². The Hall–Kier alpha value is 0.440. The molecule has 0 amide bonds. The van der Waals surface area contributed by atoms with Gasteiger partial charge in [0.25, 0.3) is 0 Å². The fraction of sp³-hybridized carbons (Fsp3) is 1.00. The minimum Gasteiger partial charge on any atom is -0.317 e. The van der Waals surface area contributed by atoms with Gasteiger partial charge in [-0.15, -0.1) is 0 Å². The zero-order valence-electron chi connectivity index (χ0n) is 6.57. The SMILES string of the molecule is CNC1CCC(CBr)CC1. The third kappa shape index (κ3) is 2.24. The quantitative estimate of drug-likeness (QED) is 0.682. The average Bonchev–Trinajstić information content (AvgIpc) is 2.05. The topological polar surface area (TPSA) is 12.0 Å². The summed E-state index contributed by atoms with van der Waals surface area (Å²) >= 11 is 3.53. The monoisotopic (exact) mass is 205 g/mol. The van der Waals surface area contributed by atoms with Gasteiger partial charge in [-0.05, 0) is 38.6 Å². The summed E-state index contributed by atoms with van der Waals surface area (Å²) in [5, 5.41) is 4.53. The number of hydrogen-bond acceptors (Lipinski definition) is 1. The van der Waals surface area contributed by atoms with Crippen molar-refractivity contribution in [3.8, 4) is 0 Å². The number of nitrogens with one attached hydrogen (secondary N) is 1. The first-order chi connectivity index (χ1) is 4.86. The maximum Gasteiger partial charge on any atom is 0.00642 e. The summed E-state index contributed by atoms with van der Waals surface area (Å²) in [5.41, 5.74) is 0. The lowest BCUT2D eigenvalue weighted by atomic mass is 9.87. The fourth-order valence-corrected chi connectivity index (χ4v) is 2.25. The second-order valence-corrected chi connectivity index (χ2v) is 3.81. The normalized spacial score (nSPS) is 34.2. The second-order valence-electron chi connectivity index (χ2n) is 3.16. The van der Waals surface area contributed by atoms with E-state index in [0.29, 0.717) is 0 Å². The molecule has 1 fully saturated rings. The molecule has 2 heteroatoms. The van der Waals surface area contributed by atoms with E-state index in [0.717, 1.165) is 12.0 Å². The number of alkyl halides is 1. The lowest BCUT2D eigenvalue weighted by Gasteiger charge is -2.26. The van der Waals surface area contributed by atoms with Crippen molar-refractivity contribution in [2.24, 2.45) is 5.92 Å². The van der Waals surface area contributed by atoms with Crippen molar-refractivity contribution in [2.45, 2.75) is 31.7 Å². The van der Waals surface area contributed by atoms with Gasteiger partial charge < -0.3 is 5.32 Å². The van der Waals surface area contributed by atoms with Crippen LogP contribution in [0, 0.1) is 5.92 Å². The first kappa shape index (κ1) is 8.54. The van der Waals surface area contributed by atoms with E-state index in [1.807, 2.05) is 0 Å². The van der Waals surface area contributed by atoms with Gasteiger partial charge in [0.1, 0.15) is 0 Å². The summed E-state index contributed by atoms with van der Waals surface area (Å²) in [6, 6.07) is 0.801. The molecule has 60 valence electrons. The maximum atomic E-state index is 3.53. The first-order valence-electron chi connectivity index (χ1n) is 4.10. The van der Waals surface area contributed by atoms with Crippen molar-refractivity contribution in [2.75, 3.05) is 12.4 Å². The zero-order chi connectivity index (χ0) is 7.40. The largest absolute Gasteiger partial charge is 0.317 e. The summed E-state index contributed by atoms with van der Waals surface area (Å²) in [4.78, 5) is 0. The van der Waals surface area contributed by atoms with Crippen LogP contribution in [0.25, 0.3) is 0 Å². The Labute approximate surface area is 71.7 Å². The van der Waals surface area contributed by atoms with Gasteiger partial charge in [-0.1, -0.05) is 15.9 Å². The Kier molecular flexibility index (Phi) is 3.71. The van der Waals surface area contributed by atoms with E-state index >= 15 is 0 Å².